The van der Waals surface area contributed by atoms with Crippen LogP contribution in [0.4, 0.5) is 0 Å². The molecule has 0 aromatic rings. The van der Waals surface area contributed by atoms with Gasteiger partial charge >= 0.3 is 0 Å². The van der Waals surface area contributed by atoms with Crippen molar-refractivity contribution in [2.75, 3.05) is 0 Å². The fourth-order valence-electron chi connectivity index (χ4n) is 6.66. The fraction of sp³-hybridized carbons (Fsp3) is 1.00. The molecule has 0 aromatic carbocycles. The van der Waals surface area contributed by atoms with E-state index in [0.29, 0.717) is 0 Å². The summed E-state index contributed by atoms with van der Waals surface area (Å²) >= 11 is 0. The summed E-state index contributed by atoms with van der Waals surface area (Å²) in [5.74, 6) is 2.84. The summed E-state index contributed by atoms with van der Waals surface area (Å²) in [6.45, 7) is 12.1. The first kappa shape index (κ1) is 39.0. The van der Waals surface area contributed by atoms with Crippen LogP contribution in [0.5, 0.6) is 0 Å². The molecule has 0 aliphatic heterocycles. The number of rotatable bonds is 33. The number of unbranched alkanes of at least 4 members (excludes halogenated alkanes) is 21. The lowest BCUT2D eigenvalue weighted by Gasteiger charge is -2.15. The van der Waals surface area contributed by atoms with Crippen LogP contribution in [0, 0.1) is 17.8 Å². The minimum absolute atomic E-state index is 0.945. The molecule has 0 heteroatoms. The Balaban J connectivity index is 3.22. The maximum absolute atomic E-state index is 2.51. The molecule has 236 valence electrons. The van der Waals surface area contributed by atoms with Crippen LogP contribution in [0.25, 0.3) is 0 Å². The molecule has 0 saturated heterocycles. The average Bonchev–Trinajstić information content (AvgIpc) is 2.91. The predicted molar refractivity (Wildman–Crippen MR) is 182 cm³/mol. The summed E-state index contributed by atoms with van der Waals surface area (Å²) < 4.78 is 0. The van der Waals surface area contributed by atoms with Crippen molar-refractivity contribution in [2.24, 2.45) is 17.8 Å². The van der Waals surface area contributed by atoms with E-state index in [1.54, 1.807) is 0 Å². The molecule has 0 rings (SSSR count). The molecule has 0 N–H and O–H groups in total. The highest BCUT2D eigenvalue weighted by molar-refractivity contribution is 4.61. The summed E-state index contributed by atoms with van der Waals surface area (Å²) in [5, 5.41) is 0. The number of hydrogen-bond acceptors (Lipinski definition) is 0. The van der Waals surface area contributed by atoms with Gasteiger partial charge in [-0.05, 0) is 17.8 Å². The van der Waals surface area contributed by atoms with E-state index in [-0.39, 0.29) is 0 Å². The van der Waals surface area contributed by atoms with E-state index >= 15 is 0 Å². The Kier molecular flexibility index (Phi) is 32.5. The van der Waals surface area contributed by atoms with Crippen molar-refractivity contribution < 1.29 is 0 Å². The summed E-state index contributed by atoms with van der Waals surface area (Å²) in [6.07, 6.45) is 45.6. The van der Waals surface area contributed by atoms with Gasteiger partial charge in [0.05, 0.1) is 0 Å². The van der Waals surface area contributed by atoms with E-state index in [1.165, 1.54) is 199 Å². The second kappa shape index (κ2) is 32.5. The fourth-order valence-corrected chi connectivity index (χ4v) is 6.66. The second-order valence-electron chi connectivity index (χ2n) is 14.2. The van der Waals surface area contributed by atoms with Gasteiger partial charge < -0.3 is 0 Å². The maximum atomic E-state index is 2.51. The van der Waals surface area contributed by atoms with Crippen LogP contribution in [0.2, 0.25) is 0 Å². The molecule has 0 aromatic heterocycles. The van der Waals surface area contributed by atoms with Crippen molar-refractivity contribution in [3.8, 4) is 0 Å². The van der Waals surface area contributed by atoms with Gasteiger partial charge in [0, 0.05) is 0 Å². The minimum atomic E-state index is 0.945. The lowest BCUT2D eigenvalue weighted by atomic mass is 9.91. The van der Waals surface area contributed by atoms with Crippen molar-refractivity contribution in [2.45, 2.75) is 234 Å². The predicted octanol–water partition coefficient (Wildman–Crippen LogP) is 15.0. The third-order valence-corrected chi connectivity index (χ3v) is 9.62. The number of hydrogen-bond donors (Lipinski definition) is 0. The zero-order valence-corrected chi connectivity index (χ0v) is 28.7. The van der Waals surface area contributed by atoms with Crippen LogP contribution in [0.3, 0.4) is 0 Å². The van der Waals surface area contributed by atoms with Crippen LogP contribution in [0.15, 0.2) is 0 Å². The smallest absolute Gasteiger partial charge is 0.0443 e. The van der Waals surface area contributed by atoms with Crippen LogP contribution in [-0.2, 0) is 0 Å². The van der Waals surface area contributed by atoms with E-state index in [1.807, 2.05) is 0 Å². The quantitative estimate of drug-likeness (QED) is 0.0715. The first-order valence-corrected chi connectivity index (χ1v) is 19.1. The summed E-state index contributed by atoms with van der Waals surface area (Å²) in [6, 6.07) is 0. The summed E-state index contributed by atoms with van der Waals surface area (Å²) in [7, 11) is 0. The summed E-state index contributed by atoms with van der Waals surface area (Å²) in [4.78, 5) is 0. The zero-order valence-electron chi connectivity index (χ0n) is 28.7. The van der Waals surface area contributed by atoms with Gasteiger partial charge in [0.1, 0.15) is 0 Å². The van der Waals surface area contributed by atoms with Crippen molar-refractivity contribution in [1.29, 1.82) is 0 Å². The van der Waals surface area contributed by atoms with E-state index in [9.17, 15) is 0 Å². The molecule has 0 radical (unpaired) electrons. The SMILES string of the molecule is CCCCCCCCCCCCCCCCCCCCCCCCC(C)CCCC(C)CCCC(C)CCC. The lowest BCUT2D eigenvalue weighted by molar-refractivity contribution is 0.377. The molecule has 39 heavy (non-hydrogen) atoms. The lowest BCUT2D eigenvalue weighted by Crippen LogP contribution is -2.01. The molecule has 0 saturated carbocycles. The van der Waals surface area contributed by atoms with E-state index < -0.39 is 0 Å². The van der Waals surface area contributed by atoms with Gasteiger partial charge in [0.25, 0.3) is 0 Å². The van der Waals surface area contributed by atoms with E-state index in [2.05, 4.69) is 34.6 Å². The third kappa shape index (κ3) is 32.4. The van der Waals surface area contributed by atoms with Crippen LogP contribution >= 0.6 is 0 Å². The summed E-state index contributed by atoms with van der Waals surface area (Å²) in [5.41, 5.74) is 0. The standard InChI is InChI=1S/C39H80/c1-6-8-9-10-11-12-13-14-15-16-17-18-19-20-21-22-23-24-25-26-27-28-32-38(4)34-30-36-39(5)35-29-33-37(3)31-7-2/h37-39H,6-36H2,1-5H3. The molecule has 0 nitrogen and oxygen atoms in total. The Morgan fingerprint density at radius 3 is 0.744 bits per heavy atom. The monoisotopic (exact) mass is 549 g/mol. The van der Waals surface area contributed by atoms with Gasteiger partial charge in [-0.15, -0.1) is 0 Å². The van der Waals surface area contributed by atoms with Crippen molar-refractivity contribution >= 4 is 0 Å². The largest absolute Gasteiger partial charge is 0.0654 e. The van der Waals surface area contributed by atoms with Crippen LogP contribution < -0.4 is 0 Å². The maximum Gasteiger partial charge on any atom is -0.0443 e. The molecular weight excluding hydrogens is 468 g/mol. The van der Waals surface area contributed by atoms with E-state index in [0.717, 1.165) is 17.8 Å². The van der Waals surface area contributed by atoms with Gasteiger partial charge in [-0.25, -0.2) is 0 Å². The average molecular weight is 549 g/mol. The highest BCUT2D eigenvalue weighted by Crippen LogP contribution is 2.23. The van der Waals surface area contributed by atoms with Crippen LogP contribution in [0.1, 0.15) is 234 Å². The Morgan fingerprint density at radius 1 is 0.231 bits per heavy atom. The van der Waals surface area contributed by atoms with Crippen molar-refractivity contribution in [1.82, 2.24) is 0 Å². The minimum Gasteiger partial charge on any atom is -0.0654 e. The third-order valence-electron chi connectivity index (χ3n) is 9.62. The molecule has 0 heterocycles. The molecular formula is C39H80. The van der Waals surface area contributed by atoms with Gasteiger partial charge in [-0.1, -0.05) is 234 Å². The normalized spacial score (nSPS) is 14.1. The molecule has 3 unspecified atom stereocenters. The van der Waals surface area contributed by atoms with Gasteiger partial charge in [-0.3, -0.25) is 0 Å². The van der Waals surface area contributed by atoms with Crippen molar-refractivity contribution in [3.05, 3.63) is 0 Å². The first-order valence-electron chi connectivity index (χ1n) is 19.1. The topological polar surface area (TPSA) is 0 Å². The van der Waals surface area contributed by atoms with Gasteiger partial charge in [-0.2, -0.15) is 0 Å². The Bertz CT molecular complexity index is 426. The molecule has 0 fully saturated rings. The Morgan fingerprint density at radius 2 is 0.462 bits per heavy atom. The zero-order chi connectivity index (χ0) is 28.7. The molecule has 0 aliphatic carbocycles. The molecule has 0 spiro atoms. The van der Waals surface area contributed by atoms with Crippen molar-refractivity contribution in [3.63, 3.8) is 0 Å². The molecule has 0 aliphatic rings. The second-order valence-corrected chi connectivity index (χ2v) is 14.2. The Labute approximate surface area is 251 Å². The molecule has 0 amide bonds. The van der Waals surface area contributed by atoms with Gasteiger partial charge in [0.15, 0.2) is 0 Å². The highest BCUT2D eigenvalue weighted by Gasteiger charge is 2.07. The van der Waals surface area contributed by atoms with E-state index in [4.69, 9.17) is 0 Å². The molecule has 0 bridgehead atoms. The van der Waals surface area contributed by atoms with Crippen LogP contribution in [-0.4, -0.2) is 0 Å². The Hall–Kier alpha value is 0. The molecule has 3 atom stereocenters. The first-order chi connectivity index (χ1) is 19.1. The van der Waals surface area contributed by atoms with Gasteiger partial charge in [0.2, 0.25) is 0 Å². The highest BCUT2D eigenvalue weighted by atomic mass is 14.1.